The highest BCUT2D eigenvalue weighted by Gasteiger charge is 2.29. The van der Waals surface area contributed by atoms with Gasteiger partial charge in [0, 0.05) is 6.42 Å². The number of ketones is 1. The van der Waals surface area contributed by atoms with Crippen LogP contribution in [-0.4, -0.2) is 11.3 Å². The second-order valence-electron chi connectivity index (χ2n) is 4.15. The normalized spacial score (nSPS) is 22.8. The summed E-state index contributed by atoms with van der Waals surface area (Å²) >= 11 is 0. The number of carbonyl (C=O) groups is 1. The summed E-state index contributed by atoms with van der Waals surface area (Å²) < 4.78 is 0. The van der Waals surface area contributed by atoms with Gasteiger partial charge in [0.05, 0.1) is 0 Å². The zero-order valence-electron chi connectivity index (χ0n) is 9.31. The molecule has 1 unspecified atom stereocenters. The molecule has 2 heteroatoms. The van der Waals surface area contributed by atoms with Crippen molar-refractivity contribution in [3.8, 4) is 0 Å². The van der Waals surface area contributed by atoms with Crippen molar-refractivity contribution in [2.45, 2.75) is 18.9 Å². The largest absolute Gasteiger partial charge is 0.376 e. The van der Waals surface area contributed by atoms with Crippen LogP contribution in [0.5, 0.6) is 0 Å². The second kappa shape index (κ2) is 4.35. The molecule has 0 amide bonds. The van der Waals surface area contributed by atoms with Gasteiger partial charge in [-0.15, -0.1) is 0 Å². The molecule has 16 heavy (non-hydrogen) atoms. The molecule has 2 rings (SSSR count). The number of dihydropyridines is 1. The molecule has 1 atom stereocenters. The number of carbonyl (C=O) groups excluding carboxylic acids is 1. The van der Waals surface area contributed by atoms with E-state index in [1.807, 2.05) is 61.7 Å². The summed E-state index contributed by atoms with van der Waals surface area (Å²) in [5, 5.41) is 3.10. The molecular formula is C14H15NO. The molecule has 1 N–H and O–H groups in total. The van der Waals surface area contributed by atoms with Gasteiger partial charge in [-0.1, -0.05) is 42.5 Å². The Hall–Kier alpha value is -1.83. The van der Waals surface area contributed by atoms with Gasteiger partial charge in [0.15, 0.2) is 5.78 Å². The van der Waals surface area contributed by atoms with Crippen LogP contribution in [0.4, 0.5) is 0 Å². The van der Waals surface area contributed by atoms with Gasteiger partial charge in [0.2, 0.25) is 0 Å². The fraction of sp³-hybridized carbons (Fsp3) is 0.214. The van der Waals surface area contributed by atoms with Crippen LogP contribution in [0.15, 0.2) is 54.8 Å². The smallest absolute Gasteiger partial charge is 0.166 e. The maximum absolute atomic E-state index is 12.1. The molecule has 2 nitrogen and oxygen atoms in total. The van der Waals surface area contributed by atoms with Gasteiger partial charge in [0.25, 0.3) is 0 Å². The predicted molar refractivity (Wildman–Crippen MR) is 65.0 cm³/mol. The molecule has 82 valence electrons. The number of Topliss-reactive ketones (excluding diaryl/α,β-unsaturated/α-hetero) is 1. The van der Waals surface area contributed by atoms with Gasteiger partial charge >= 0.3 is 0 Å². The van der Waals surface area contributed by atoms with Crippen molar-refractivity contribution in [3.05, 3.63) is 60.3 Å². The van der Waals surface area contributed by atoms with Gasteiger partial charge in [-0.2, -0.15) is 0 Å². The van der Waals surface area contributed by atoms with Crippen LogP contribution >= 0.6 is 0 Å². The molecule has 1 aliphatic rings. The molecule has 0 aromatic heterocycles. The third-order valence-corrected chi connectivity index (χ3v) is 2.81. The third kappa shape index (κ3) is 2.22. The van der Waals surface area contributed by atoms with Crippen molar-refractivity contribution < 1.29 is 4.79 Å². The summed E-state index contributed by atoms with van der Waals surface area (Å²) in [7, 11) is 0. The van der Waals surface area contributed by atoms with Crippen LogP contribution in [-0.2, 0) is 11.2 Å². The maximum Gasteiger partial charge on any atom is 0.166 e. The molecule has 1 aromatic rings. The lowest BCUT2D eigenvalue weighted by atomic mass is 9.90. The zero-order chi connectivity index (χ0) is 11.4. The van der Waals surface area contributed by atoms with E-state index in [-0.39, 0.29) is 5.78 Å². The molecule has 0 aliphatic carbocycles. The number of nitrogens with one attached hydrogen (secondary N) is 1. The van der Waals surface area contributed by atoms with Crippen molar-refractivity contribution in [1.29, 1.82) is 0 Å². The van der Waals surface area contributed by atoms with E-state index < -0.39 is 5.54 Å². The summed E-state index contributed by atoms with van der Waals surface area (Å²) in [5.74, 6) is 0.180. The molecule has 0 spiro atoms. The third-order valence-electron chi connectivity index (χ3n) is 2.81. The lowest BCUT2D eigenvalue weighted by Crippen LogP contribution is -2.46. The van der Waals surface area contributed by atoms with Gasteiger partial charge in [-0.25, -0.2) is 0 Å². The zero-order valence-corrected chi connectivity index (χ0v) is 9.31. The quantitative estimate of drug-likeness (QED) is 0.834. The first-order chi connectivity index (χ1) is 7.71. The monoisotopic (exact) mass is 213 g/mol. The first-order valence-corrected chi connectivity index (χ1v) is 5.40. The summed E-state index contributed by atoms with van der Waals surface area (Å²) in [4.78, 5) is 12.1. The average Bonchev–Trinajstić information content (AvgIpc) is 2.31. The lowest BCUT2D eigenvalue weighted by Gasteiger charge is -2.27. The Morgan fingerprint density at radius 1 is 1.25 bits per heavy atom. The van der Waals surface area contributed by atoms with Crippen molar-refractivity contribution >= 4 is 5.78 Å². The Morgan fingerprint density at radius 3 is 2.62 bits per heavy atom. The van der Waals surface area contributed by atoms with E-state index in [0.717, 1.165) is 5.56 Å². The van der Waals surface area contributed by atoms with E-state index >= 15 is 0 Å². The Labute approximate surface area is 95.7 Å². The highest BCUT2D eigenvalue weighted by molar-refractivity contribution is 5.92. The molecule has 0 saturated carbocycles. The van der Waals surface area contributed by atoms with E-state index in [9.17, 15) is 4.79 Å². The van der Waals surface area contributed by atoms with Crippen LogP contribution in [0.25, 0.3) is 0 Å². The Morgan fingerprint density at radius 2 is 2.00 bits per heavy atom. The summed E-state index contributed by atoms with van der Waals surface area (Å²) in [6.45, 7) is 1.90. The highest BCUT2D eigenvalue weighted by Crippen LogP contribution is 2.14. The van der Waals surface area contributed by atoms with E-state index in [2.05, 4.69) is 5.32 Å². The Kier molecular flexibility index (Phi) is 2.91. The minimum atomic E-state index is -0.565. The number of hydrogen-bond acceptors (Lipinski definition) is 2. The van der Waals surface area contributed by atoms with Crippen LogP contribution < -0.4 is 5.32 Å². The first kappa shape index (κ1) is 10.7. The van der Waals surface area contributed by atoms with Gasteiger partial charge in [-0.3, -0.25) is 4.79 Å². The fourth-order valence-electron chi connectivity index (χ4n) is 1.71. The molecule has 0 saturated heterocycles. The first-order valence-electron chi connectivity index (χ1n) is 5.40. The predicted octanol–water partition coefficient (Wildman–Crippen LogP) is 2.23. The standard InChI is InChI=1S/C14H15NO/c1-14(9-5-6-10-15-14)13(16)11-12-7-3-2-4-8-12/h2-10,15H,11H2,1H3. The minimum absolute atomic E-state index is 0.180. The van der Waals surface area contributed by atoms with Crippen molar-refractivity contribution in [1.82, 2.24) is 5.32 Å². The van der Waals surface area contributed by atoms with Crippen LogP contribution in [0.2, 0.25) is 0 Å². The van der Waals surface area contributed by atoms with Crippen LogP contribution in [0.3, 0.4) is 0 Å². The highest BCUT2D eigenvalue weighted by atomic mass is 16.1. The van der Waals surface area contributed by atoms with Crippen molar-refractivity contribution in [2.24, 2.45) is 0 Å². The topological polar surface area (TPSA) is 29.1 Å². The molecule has 0 radical (unpaired) electrons. The number of hydrogen-bond donors (Lipinski definition) is 1. The summed E-state index contributed by atoms with van der Waals surface area (Å²) in [6.07, 6.45) is 7.96. The summed E-state index contributed by atoms with van der Waals surface area (Å²) in [5.41, 5.74) is 0.489. The molecule has 1 aliphatic heterocycles. The second-order valence-corrected chi connectivity index (χ2v) is 4.15. The van der Waals surface area contributed by atoms with E-state index in [4.69, 9.17) is 0 Å². The Balaban J connectivity index is 2.09. The number of benzene rings is 1. The SMILES string of the molecule is CC1(C(=O)Cc2ccccc2)C=CC=CN1. The van der Waals surface area contributed by atoms with Gasteiger partial charge < -0.3 is 5.32 Å². The molecule has 0 bridgehead atoms. The van der Waals surface area contributed by atoms with Crippen molar-refractivity contribution in [2.75, 3.05) is 0 Å². The van der Waals surface area contributed by atoms with Crippen molar-refractivity contribution in [3.63, 3.8) is 0 Å². The number of allylic oxidation sites excluding steroid dienone is 2. The minimum Gasteiger partial charge on any atom is -0.376 e. The Bertz CT molecular complexity index is 433. The summed E-state index contributed by atoms with van der Waals surface area (Å²) in [6, 6.07) is 9.81. The van der Waals surface area contributed by atoms with E-state index in [1.54, 1.807) is 0 Å². The molecule has 1 heterocycles. The van der Waals surface area contributed by atoms with Crippen LogP contribution in [0.1, 0.15) is 12.5 Å². The van der Waals surface area contributed by atoms with E-state index in [0.29, 0.717) is 6.42 Å². The molecule has 0 fully saturated rings. The number of rotatable bonds is 3. The van der Waals surface area contributed by atoms with Gasteiger partial charge in [0.1, 0.15) is 5.54 Å². The maximum atomic E-state index is 12.1. The van der Waals surface area contributed by atoms with E-state index in [1.165, 1.54) is 0 Å². The molecule has 1 aromatic carbocycles. The van der Waals surface area contributed by atoms with Gasteiger partial charge in [-0.05, 0) is 24.8 Å². The molecular weight excluding hydrogens is 198 g/mol. The average molecular weight is 213 g/mol. The fourth-order valence-corrected chi connectivity index (χ4v) is 1.71. The van der Waals surface area contributed by atoms with Crippen LogP contribution in [0, 0.1) is 0 Å². The lowest BCUT2D eigenvalue weighted by molar-refractivity contribution is -0.122.